The van der Waals surface area contributed by atoms with Crippen LogP contribution in [0.5, 0.6) is 0 Å². The van der Waals surface area contributed by atoms with Gasteiger partial charge < -0.3 is 4.57 Å². The van der Waals surface area contributed by atoms with Crippen LogP contribution in [0, 0.1) is 24.0 Å². The van der Waals surface area contributed by atoms with E-state index >= 15 is 0 Å². The topological polar surface area (TPSA) is 68.5 Å². The molecule has 1 heterocycles. The van der Waals surface area contributed by atoms with Crippen LogP contribution in [0.3, 0.4) is 0 Å². The lowest BCUT2D eigenvalue weighted by Gasteiger charge is -2.03. The standard InChI is InChI=1S/C20H16F2N2O3S2/c1-2-9-24-19-16(22)11-15(21)12-17(19)28-20(24)23-18(25)8-10-29(26,27)13-14-6-4-3-5-7-14/h1,3-7,11-12H,8-10,13H2. The van der Waals surface area contributed by atoms with Gasteiger partial charge in [-0.05, 0) is 11.6 Å². The fraction of sp³-hybridized carbons (Fsp3) is 0.200. The van der Waals surface area contributed by atoms with Crippen LogP contribution < -0.4 is 4.80 Å². The van der Waals surface area contributed by atoms with Gasteiger partial charge in [-0.15, -0.1) is 6.42 Å². The average molecular weight is 434 g/mol. The molecule has 150 valence electrons. The van der Waals surface area contributed by atoms with Crippen LogP contribution in [0.25, 0.3) is 10.2 Å². The highest BCUT2D eigenvalue weighted by atomic mass is 32.2. The first kappa shape index (κ1) is 20.9. The summed E-state index contributed by atoms with van der Waals surface area (Å²) in [5, 5.41) is 0. The van der Waals surface area contributed by atoms with Crippen LogP contribution in [-0.2, 0) is 26.9 Å². The van der Waals surface area contributed by atoms with Crippen molar-refractivity contribution in [1.29, 1.82) is 0 Å². The number of benzene rings is 2. The molecule has 1 aromatic heterocycles. The number of aromatic nitrogens is 1. The molecule has 0 unspecified atom stereocenters. The van der Waals surface area contributed by atoms with Gasteiger partial charge in [-0.2, -0.15) is 4.99 Å². The van der Waals surface area contributed by atoms with E-state index in [9.17, 15) is 22.0 Å². The number of rotatable bonds is 6. The minimum atomic E-state index is -3.51. The van der Waals surface area contributed by atoms with Gasteiger partial charge in [0.1, 0.15) is 5.82 Å². The van der Waals surface area contributed by atoms with Crippen LogP contribution in [-0.4, -0.2) is 24.6 Å². The van der Waals surface area contributed by atoms with Gasteiger partial charge in [0.2, 0.25) is 5.91 Å². The van der Waals surface area contributed by atoms with E-state index in [-0.39, 0.29) is 39.5 Å². The quantitative estimate of drug-likeness (QED) is 0.560. The zero-order chi connectivity index (χ0) is 21.0. The Hall–Kier alpha value is -2.83. The molecule has 0 saturated heterocycles. The number of carbonyl (C=O) groups excluding carboxylic acids is 1. The molecule has 0 atom stereocenters. The first-order valence-corrected chi connectivity index (χ1v) is 11.2. The smallest absolute Gasteiger partial charge is 0.249 e. The van der Waals surface area contributed by atoms with E-state index in [1.54, 1.807) is 30.3 Å². The Morgan fingerprint density at radius 2 is 1.93 bits per heavy atom. The highest BCUT2D eigenvalue weighted by Crippen LogP contribution is 2.22. The predicted octanol–water partition coefficient (Wildman–Crippen LogP) is 3.05. The molecule has 0 fully saturated rings. The molecule has 2 aromatic carbocycles. The van der Waals surface area contributed by atoms with E-state index in [1.165, 1.54) is 4.57 Å². The first-order valence-electron chi connectivity index (χ1n) is 8.53. The number of thiazole rings is 1. The number of hydrogen-bond donors (Lipinski definition) is 0. The summed E-state index contributed by atoms with van der Waals surface area (Å²) in [4.78, 5) is 16.2. The van der Waals surface area contributed by atoms with Gasteiger partial charge in [0.15, 0.2) is 20.5 Å². The van der Waals surface area contributed by atoms with E-state index < -0.39 is 27.4 Å². The van der Waals surface area contributed by atoms with E-state index in [2.05, 4.69) is 10.9 Å². The lowest BCUT2D eigenvalue weighted by molar-refractivity contribution is -0.117. The molecular formula is C20H16F2N2O3S2. The van der Waals surface area contributed by atoms with Gasteiger partial charge in [0.05, 0.1) is 28.3 Å². The highest BCUT2D eigenvalue weighted by Gasteiger charge is 2.16. The number of terminal acetylenes is 1. The normalized spacial score (nSPS) is 12.2. The number of amides is 1. The Labute approximate surface area is 170 Å². The molecule has 9 heteroatoms. The molecule has 0 aliphatic rings. The van der Waals surface area contributed by atoms with Crippen molar-refractivity contribution in [3.63, 3.8) is 0 Å². The lowest BCUT2D eigenvalue weighted by atomic mass is 10.2. The molecule has 0 bridgehead atoms. The summed E-state index contributed by atoms with van der Waals surface area (Å²) >= 11 is 0.907. The fourth-order valence-corrected chi connectivity index (χ4v) is 5.17. The fourth-order valence-electron chi connectivity index (χ4n) is 2.76. The largest absolute Gasteiger partial charge is 0.302 e. The number of sulfone groups is 1. The maximum atomic E-state index is 14.2. The zero-order valence-electron chi connectivity index (χ0n) is 15.1. The number of carbonyl (C=O) groups is 1. The second-order valence-corrected chi connectivity index (χ2v) is 9.44. The number of hydrogen-bond acceptors (Lipinski definition) is 4. The van der Waals surface area contributed by atoms with E-state index in [0.717, 1.165) is 23.5 Å². The summed E-state index contributed by atoms with van der Waals surface area (Å²) in [7, 11) is -3.51. The third-order valence-electron chi connectivity index (χ3n) is 4.02. The minimum absolute atomic E-state index is 0.0533. The summed E-state index contributed by atoms with van der Waals surface area (Å²) in [6.07, 6.45) is 4.99. The maximum Gasteiger partial charge on any atom is 0.249 e. The van der Waals surface area contributed by atoms with Gasteiger partial charge in [-0.25, -0.2) is 17.2 Å². The summed E-state index contributed by atoms with van der Waals surface area (Å²) in [5.41, 5.74) is 0.684. The third kappa shape index (κ3) is 5.16. The molecule has 5 nitrogen and oxygen atoms in total. The molecule has 0 radical (unpaired) electrons. The SMILES string of the molecule is C#CCn1c(=NC(=O)CCS(=O)(=O)Cc2ccccc2)sc2cc(F)cc(F)c21. The second kappa shape index (κ2) is 8.68. The van der Waals surface area contributed by atoms with E-state index in [1.807, 2.05) is 0 Å². The van der Waals surface area contributed by atoms with Crippen molar-refractivity contribution in [3.05, 3.63) is 64.5 Å². The van der Waals surface area contributed by atoms with E-state index in [4.69, 9.17) is 6.42 Å². The summed E-state index contributed by atoms with van der Waals surface area (Å²) in [6.45, 7) is -0.0685. The van der Waals surface area contributed by atoms with Gasteiger partial charge >= 0.3 is 0 Å². The average Bonchev–Trinajstić information content (AvgIpc) is 2.98. The zero-order valence-corrected chi connectivity index (χ0v) is 16.8. The van der Waals surface area contributed by atoms with Crippen molar-refractivity contribution >= 4 is 37.3 Å². The number of halogens is 2. The Kier molecular flexibility index (Phi) is 6.25. The summed E-state index contributed by atoms with van der Waals surface area (Å²) < 4.78 is 53.7. The van der Waals surface area contributed by atoms with Crippen molar-refractivity contribution in [1.82, 2.24) is 4.57 Å². The van der Waals surface area contributed by atoms with Crippen LogP contribution >= 0.6 is 11.3 Å². The molecule has 0 spiro atoms. The number of fused-ring (bicyclic) bond motifs is 1. The Morgan fingerprint density at radius 1 is 1.21 bits per heavy atom. The van der Waals surface area contributed by atoms with Crippen molar-refractivity contribution < 1.29 is 22.0 Å². The molecule has 0 aliphatic heterocycles. The van der Waals surface area contributed by atoms with Gasteiger partial charge in [0.25, 0.3) is 0 Å². The van der Waals surface area contributed by atoms with Crippen molar-refractivity contribution in [2.24, 2.45) is 4.99 Å². The maximum absolute atomic E-state index is 14.2. The summed E-state index contributed by atoms with van der Waals surface area (Å²) in [6, 6.07) is 10.5. The van der Waals surface area contributed by atoms with Crippen LogP contribution in [0.15, 0.2) is 47.5 Å². The van der Waals surface area contributed by atoms with Crippen LogP contribution in [0.1, 0.15) is 12.0 Å². The van der Waals surface area contributed by atoms with Crippen molar-refractivity contribution in [3.8, 4) is 12.3 Å². The molecule has 0 aliphatic carbocycles. The Morgan fingerprint density at radius 3 is 2.62 bits per heavy atom. The van der Waals surface area contributed by atoms with Crippen molar-refractivity contribution in [2.45, 2.75) is 18.7 Å². The molecule has 0 saturated carbocycles. The molecular weight excluding hydrogens is 418 g/mol. The number of nitrogens with zero attached hydrogens (tertiary/aromatic N) is 2. The van der Waals surface area contributed by atoms with Crippen LogP contribution in [0.4, 0.5) is 8.78 Å². The predicted molar refractivity (Wildman–Crippen MR) is 108 cm³/mol. The Balaban J connectivity index is 1.83. The summed E-state index contributed by atoms with van der Waals surface area (Å²) in [5.74, 6) is -0.450. The molecule has 29 heavy (non-hydrogen) atoms. The molecule has 3 rings (SSSR count). The van der Waals surface area contributed by atoms with Gasteiger partial charge in [-0.1, -0.05) is 47.6 Å². The second-order valence-electron chi connectivity index (χ2n) is 6.24. The lowest BCUT2D eigenvalue weighted by Crippen LogP contribution is -2.18. The molecule has 1 amide bonds. The third-order valence-corrected chi connectivity index (χ3v) is 6.65. The Bertz CT molecular complexity index is 1270. The molecule has 0 N–H and O–H groups in total. The van der Waals surface area contributed by atoms with Gasteiger partial charge in [-0.3, -0.25) is 4.79 Å². The van der Waals surface area contributed by atoms with E-state index in [0.29, 0.717) is 5.56 Å². The first-order chi connectivity index (χ1) is 13.8. The van der Waals surface area contributed by atoms with Gasteiger partial charge in [0, 0.05) is 12.5 Å². The minimum Gasteiger partial charge on any atom is -0.302 e. The molecule has 3 aromatic rings. The monoisotopic (exact) mass is 434 g/mol. The van der Waals surface area contributed by atoms with Crippen molar-refractivity contribution in [2.75, 3.05) is 5.75 Å². The highest BCUT2D eigenvalue weighted by molar-refractivity contribution is 7.90. The van der Waals surface area contributed by atoms with Crippen LogP contribution in [0.2, 0.25) is 0 Å².